The van der Waals surface area contributed by atoms with Gasteiger partial charge in [0.25, 0.3) is 5.91 Å². The third kappa shape index (κ3) is 2.68. The van der Waals surface area contributed by atoms with Gasteiger partial charge >= 0.3 is 6.03 Å². The number of benzene rings is 1. The molecule has 2 saturated heterocycles. The van der Waals surface area contributed by atoms with Crippen molar-refractivity contribution < 1.29 is 22.4 Å². The lowest BCUT2D eigenvalue weighted by Gasteiger charge is -2.36. The van der Waals surface area contributed by atoms with Crippen LogP contribution >= 0.6 is 11.6 Å². The number of urea groups is 1. The summed E-state index contributed by atoms with van der Waals surface area (Å²) in [5.74, 6) is -1.07. The molecule has 1 aromatic carbocycles. The average Bonchev–Trinajstić information content (AvgIpc) is 2.73. The average molecular weight is 362 g/mol. The molecule has 2 aliphatic rings. The van der Waals surface area contributed by atoms with E-state index in [0.29, 0.717) is 0 Å². The van der Waals surface area contributed by atoms with Gasteiger partial charge in [-0.05, 0) is 31.0 Å². The third-order valence-electron chi connectivity index (χ3n) is 4.10. The molecule has 0 saturated carbocycles. The van der Waals surface area contributed by atoms with E-state index in [9.17, 15) is 22.4 Å². The second kappa shape index (κ2) is 5.43. The van der Waals surface area contributed by atoms with Crippen molar-refractivity contribution in [3.05, 3.63) is 29.0 Å². The zero-order chi connectivity index (χ0) is 16.8. The molecule has 23 heavy (non-hydrogen) atoms. The van der Waals surface area contributed by atoms with E-state index in [0.717, 1.165) is 18.2 Å². The number of carbonyl (C=O) groups excluding carboxylic acids is 2. The van der Waals surface area contributed by atoms with Crippen LogP contribution in [-0.4, -0.2) is 43.3 Å². The predicted molar refractivity (Wildman–Crippen MR) is 78.8 cm³/mol. The van der Waals surface area contributed by atoms with E-state index in [1.54, 1.807) is 0 Å². The van der Waals surface area contributed by atoms with Crippen LogP contribution in [0, 0.1) is 5.82 Å². The molecule has 1 spiro atoms. The molecule has 3 amide bonds. The number of rotatable bonds is 2. The van der Waals surface area contributed by atoms with Crippen LogP contribution < -0.4 is 10.6 Å². The lowest BCUT2D eigenvalue weighted by atomic mass is 9.89. The summed E-state index contributed by atoms with van der Waals surface area (Å²) in [4.78, 5) is 22.9. The fraction of sp³-hybridized carbons (Fsp3) is 0.385. The topological polar surface area (TPSA) is 95.6 Å². The Balaban J connectivity index is 1.82. The molecule has 0 bridgehead atoms. The molecule has 2 fully saturated rings. The van der Waals surface area contributed by atoms with Gasteiger partial charge in [-0.2, -0.15) is 4.31 Å². The van der Waals surface area contributed by atoms with Crippen molar-refractivity contribution in [3.63, 3.8) is 0 Å². The quantitative estimate of drug-likeness (QED) is 0.763. The smallest absolute Gasteiger partial charge is 0.322 e. The Hall–Kier alpha value is -1.71. The van der Waals surface area contributed by atoms with Gasteiger partial charge in [-0.15, -0.1) is 0 Å². The number of carbonyl (C=O) groups is 2. The maximum absolute atomic E-state index is 13.1. The molecule has 124 valence electrons. The zero-order valence-corrected chi connectivity index (χ0v) is 13.4. The van der Waals surface area contributed by atoms with Gasteiger partial charge in [0.05, 0.1) is 5.02 Å². The predicted octanol–water partition coefficient (Wildman–Crippen LogP) is 0.842. The number of nitrogens with one attached hydrogen (secondary N) is 2. The lowest BCUT2D eigenvalue weighted by molar-refractivity contribution is -0.125. The Kier molecular flexibility index (Phi) is 3.81. The minimum Gasteiger partial charge on any atom is -0.323 e. The molecule has 0 aliphatic carbocycles. The van der Waals surface area contributed by atoms with Gasteiger partial charge in [0.15, 0.2) is 0 Å². The normalized spacial score (nSPS) is 21.3. The fourth-order valence-corrected chi connectivity index (χ4v) is 4.76. The Morgan fingerprint density at radius 1 is 1.22 bits per heavy atom. The number of piperidine rings is 1. The summed E-state index contributed by atoms with van der Waals surface area (Å²) >= 11 is 5.83. The summed E-state index contributed by atoms with van der Waals surface area (Å²) in [6.07, 6.45) is 0.311. The molecular weight excluding hydrogens is 349 g/mol. The molecule has 2 aliphatic heterocycles. The van der Waals surface area contributed by atoms with Crippen LogP contribution in [0.4, 0.5) is 9.18 Å². The second-order valence-electron chi connectivity index (χ2n) is 5.47. The van der Waals surface area contributed by atoms with Crippen LogP contribution in [0.2, 0.25) is 5.02 Å². The van der Waals surface area contributed by atoms with Crippen molar-refractivity contribution in [3.8, 4) is 0 Å². The highest BCUT2D eigenvalue weighted by atomic mass is 35.5. The Morgan fingerprint density at radius 2 is 1.87 bits per heavy atom. The second-order valence-corrected chi connectivity index (χ2v) is 7.78. The highest BCUT2D eigenvalue weighted by Crippen LogP contribution is 2.31. The van der Waals surface area contributed by atoms with E-state index in [2.05, 4.69) is 10.6 Å². The summed E-state index contributed by atoms with van der Waals surface area (Å²) < 4.78 is 39.5. The number of halogens is 2. The third-order valence-corrected chi connectivity index (χ3v) is 6.48. The van der Waals surface area contributed by atoms with Crippen molar-refractivity contribution in [1.29, 1.82) is 0 Å². The molecule has 10 heteroatoms. The molecule has 0 unspecified atom stereocenters. The highest BCUT2D eigenvalue weighted by molar-refractivity contribution is 7.89. The Bertz CT molecular complexity index is 790. The first-order chi connectivity index (χ1) is 10.7. The van der Waals surface area contributed by atoms with Crippen LogP contribution in [0.5, 0.6) is 0 Å². The van der Waals surface area contributed by atoms with Gasteiger partial charge in [0.1, 0.15) is 16.3 Å². The van der Waals surface area contributed by atoms with Crippen molar-refractivity contribution in [2.75, 3.05) is 13.1 Å². The minimum absolute atomic E-state index is 0.0454. The number of hydrogen-bond acceptors (Lipinski definition) is 4. The molecule has 0 radical (unpaired) electrons. The van der Waals surface area contributed by atoms with E-state index >= 15 is 0 Å². The summed E-state index contributed by atoms with van der Waals surface area (Å²) in [6.45, 7) is 0.0908. The minimum atomic E-state index is -3.90. The molecule has 0 aromatic heterocycles. The maximum atomic E-state index is 13.1. The lowest BCUT2D eigenvalue weighted by Crippen LogP contribution is -2.55. The number of sulfonamides is 1. The molecule has 3 rings (SSSR count). The van der Waals surface area contributed by atoms with E-state index in [1.165, 1.54) is 4.31 Å². The summed E-state index contributed by atoms with van der Waals surface area (Å²) in [5.41, 5.74) is -1.06. The summed E-state index contributed by atoms with van der Waals surface area (Å²) in [6, 6.07) is 2.49. The largest absolute Gasteiger partial charge is 0.323 e. The molecule has 7 nitrogen and oxygen atoms in total. The number of imide groups is 1. The van der Waals surface area contributed by atoms with Gasteiger partial charge in [-0.1, -0.05) is 11.6 Å². The van der Waals surface area contributed by atoms with Crippen LogP contribution in [0.25, 0.3) is 0 Å². The van der Waals surface area contributed by atoms with Gasteiger partial charge < -0.3 is 5.32 Å². The molecule has 0 atom stereocenters. The maximum Gasteiger partial charge on any atom is 0.322 e. The summed E-state index contributed by atoms with van der Waals surface area (Å²) in [7, 11) is -3.90. The monoisotopic (exact) mass is 361 g/mol. The molecule has 1 aromatic rings. The van der Waals surface area contributed by atoms with Crippen molar-refractivity contribution in [1.82, 2.24) is 14.9 Å². The first-order valence-corrected chi connectivity index (χ1v) is 8.65. The van der Waals surface area contributed by atoms with Crippen LogP contribution in [-0.2, 0) is 14.8 Å². The van der Waals surface area contributed by atoms with Gasteiger partial charge in [0.2, 0.25) is 10.0 Å². The SMILES string of the molecule is O=C1NC(=O)C2(CCN(S(=O)(=O)c3ccc(F)cc3Cl)CC2)N1. The number of amides is 3. The van der Waals surface area contributed by atoms with E-state index in [-0.39, 0.29) is 35.8 Å². The van der Waals surface area contributed by atoms with E-state index in [4.69, 9.17) is 11.6 Å². The van der Waals surface area contributed by atoms with Gasteiger partial charge in [-0.3, -0.25) is 10.1 Å². The van der Waals surface area contributed by atoms with Crippen LogP contribution in [0.1, 0.15) is 12.8 Å². The van der Waals surface area contributed by atoms with Gasteiger partial charge in [0, 0.05) is 13.1 Å². The first kappa shape index (κ1) is 16.2. The summed E-state index contributed by atoms with van der Waals surface area (Å²) in [5, 5.41) is 4.51. The molecule has 2 heterocycles. The highest BCUT2D eigenvalue weighted by Gasteiger charge is 2.49. The van der Waals surface area contributed by atoms with Crippen LogP contribution in [0.3, 0.4) is 0 Å². The Labute approximate surface area is 136 Å². The van der Waals surface area contributed by atoms with Crippen LogP contribution in [0.15, 0.2) is 23.1 Å². The first-order valence-electron chi connectivity index (χ1n) is 6.83. The standard InChI is InChI=1S/C13H13ClFN3O4S/c14-9-7-8(15)1-2-10(9)23(21,22)18-5-3-13(4-6-18)11(19)16-12(20)17-13/h1-2,7H,3-6H2,(H2,16,17,19,20). The van der Waals surface area contributed by atoms with Gasteiger partial charge in [-0.25, -0.2) is 17.6 Å². The fourth-order valence-electron chi connectivity index (χ4n) is 2.81. The Morgan fingerprint density at radius 3 is 2.39 bits per heavy atom. The van der Waals surface area contributed by atoms with E-state index in [1.807, 2.05) is 0 Å². The molecule has 2 N–H and O–H groups in total. The van der Waals surface area contributed by atoms with Crippen molar-refractivity contribution in [2.45, 2.75) is 23.3 Å². The van der Waals surface area contributed by atoms with Crippen molar-refractivity contribution >= 4 is 33.6 Å². The van der Waals surface area contributed by atoms with Crippen molar-refractivity contribution in [2.24, 2.45) is 0 Å². The number of hydrogen-bond donors (Lipinski definition) is 2. The van der Waals surface area contributed by atoms with E-state index < -0.39 is 33.3 Å². The zero-order valence-electron chi connectivity index (χ0n) is 11.8. The number of nitrogens with zero attached hydrogens (tertiary/aromatic N) is 1. The molecular formula is C13H13ClFN3O4S.